The molecule has 0 N–H and O–H groups in total. The molecule has 1 aromatic carbocycles. The molecule has 0 saturated heterocycles. The summed E-state index contributed by atoms with van der Waals surface area (Å²) in [5.41, 5.74) is 0.386. The van der Waals surface area contributed by atoms with Gasteiger partial charge < -0.3 is 0 Å². The van der Waals surface area contributed by atoms with Crippen LogP contribution in [0.2, 0.25) is 0 Å². The molecule has 0 atom stereocenters. The molecule has 1 aliphatic carbocycles. The lowest BCUT2D eigenvalue weighted by Gasteiger charge is -2.27. The van der Waals surface area contributed by atoms with E-state index in [-0.39, 0.29) is 29.5 Å². The fourth-order valence-corrected chi connectivity index (χ4v) is 3.31. The summed E-state index contributed by atoms with van der Waals surface area (Å²) in [5.74, 6) is -0.128. The monoisotopic (exact) mass is 301 g/mol. The predicted octanol–water partition coefficient (Wildman–Crippen LogP) is 4.21. The first-order valence-electron chi connectivity index (χ1n) is 6.52. The molecule has 0 spiro atoms. The Morgan fingerprint density at radius 3 is 2.50 bits per heavy atom. The summed E-state index contributed by atoms with van der Waals surface area (Å²) >= 11 is 1.17. The van der Waals surface area contributed by atoms with Crippen LogP contribution in [0.1, 0.15) is 52.2 Å². The van der Waals surface area contributed by atoms with E-state index in [0.29, 0.717) is 5.56 Å². The maximum absolute atomic E-state index is 13.2. The summed E-state index contributed by atoms with van der Waals surface area (Å²) in [7, 11) is 0. The molecule has 1 saturated carbocycles. The number of hydrogen-bond acceptors (Lipinski definition) is 2. The summed E-state index contributed by atoms with van der Waals surface area (Å²) in [6.07, 6.45) is 0.170. The molecule has 108 valence electrons. The SMILES string of the molecule is CSN1Cc2c(cc(C3CCC3)cc2C(F)(F)F)C1=O. The number of fused-ring (bicyclic) bond motifs is 1. The van der Waals surface area contributed by atoms with Crippen molar-refractivity contribution in [3.63, 3.8) is 0 Å². The third-order valence-electron chi connectivity index (χ3n) is 4.13. The lowest BCUT2D eigenvalue weighted by Crippen LogP contribution is -2.15. The molecule has 0 bridgehead atoms. The minimum absolute atomic E-state index is 0.0368. The third kappa shape index (κ3) is 2.10. The zero-order valence-electron chi connectivity index (χ0n) is 11.0. The van der Waals surface area contributed by atoms with E-state index in [9.17, 15) is 18.0 Å². The highest BCUT2D eigenvalue weighted by atomic mass is 32.2. The van der Waals surface area contributed by atoms with Crippen molar-refractivity contribution in [2.24, 2.45) is 0 Å². The Kier molecular flexibility index (Phi) is 3.23. The fraction of sp³-hybridized carbons (Fsp3) is 0.500. The van der Waals surface area contributed by atoms with Crippen LogP contribution in [0.3, 0.4) is 0 Å². The highest BCUT2D eigenvalue weighted by Crippen LogP contribution is 2.43. The summed E-state index contributed by atoms with van der Waals surface area (Å²) < 4.78 is 41.1. The quantitative estimate of drug-likeness (QED) is 0.763. The predicted molar refractivity (Wildman–Crippen MR) is 71.4 cm³/mol. The zero-order valence-corrected chi connectivity index (χ0v) is 11.8. The maximum atomic E-state index is 13.2. The van der Waals surface area contributed by atoms with Gasteiger partial charge in [0.15, 0.2) is 0 Å². The van der Waals surface area contributed by atoms with Gasteiger partial charge in [-0.05, 0) is 42.0 Å². The van der Waals surface area contributed by atoms with Crippen LogP contribution in [0.15, 0.2) is 12.1 Å². The number of hydrogen-bond donors (Lipinski definition) is 0. The van der Waals surface area contributed by atoms with Crippen LogP contribution in [0.4, 0.5) is 13.2 Å². The molecule has 2 aliphatic rings. The van der Waals surface area contributed by atoms with Gasteiger partial charge >= 0.3 is 6.18 Å². The second-order valence-corrected chi connectivity index (χ2v) is 6.05. The van der Waals surface area contributed by atoms with Gasteiger partial charge in [0.1, 0.15) is 0 Å². The smallest absolute Gasteiger partial charge is 0.278 e. The Balaban J connectivity index is 2.12. The molecule has 2 nitrogen and oxygen atoms in total. The van der Waals surface area contributed by atoms with Gasteiger partial charge in [0.05, 0.1) is 12.1 Å². The number of halogens is 3. The summed E-state index contributed by atoms with van der Waals surface area (Å²) in [4.78, 5) is 12.1. The Labute approximate surface area is 119 Å². The Morgan fingerprint density at radius 2 is 2.00 bits per heavy atom. The van der Waals surface area contributed by atoms with Crippen LogP contribution < -0.4 is 0 Å². The molecule has 3 rings (SSSR count). The Morgan fingerprint density at radius 1 is 1.30 bits per heavy atom. The first-order valence-corrected chi connectivity index (χ1v) is 7.70. The number of amides is 1. The normalized spacial score (nSPS) is 19.2. The van der Waals surface area contributed by atoms with E-state index in [4.69, 9.17) is 0 Å². The van der Waals surface area contributed by atoms with Crippen molar-refractivity contribution >= 4 is 17.9 Å². The number of carbonyl (C=O) groups is 1. The summed E-state index contributed by atoms with van der Waals surface area (Å²) in [5, 5.41) is 0. The lowest BCUT2D eigenvalue weighted by atomic mass is 9.78. The summed E-state index contributed by atoms with van der Waals surface area (Å²) in [6, 6.07) is 2.92. The van der Waals surface area contributed by atoms with Crippen LogP contribution in [-0.2, 0) is 12.7 Å². The highest BCUT2D eigenvalue weighted by molar-refractivity contribution is 7.96. The van der Waals surface area contributed by atoms with E-state index >= 15 is 0 Å². The molecule has 1 aliphatic heterocycles. The van der Waals surface area contributed by atoms with Crippen molar-refractivity contribution < 1.29 is 18.0 Å². The molecule has 1 heterocycles. The molecular weight excluding hydrogens is 287 g/mol. The van der Waals surface area contributed by atoms with Gasteiger partial charge in [-0.25, -0.2) is 0 Å². The molecule has 1 fully saturated rings. The van der Waals surface area contributed by atoms with Crippen molar-refractivity contribution in [2.75, 3.05) is 6.26 Å². The van der Waals surface area contributed by atoms with Crippen LogP contribution in [0.25, 0.3) is 0 Å². The zero-order chi connectivity index (χ0) is 14.5. The first-order chi connectivity index (χ1) is 9.41. The average molecular weight is 301 g/mol. The van der Waals surface area contributed by atoms with Crippen molar-refractivity contribution in [3.8, 4) is 0 Å². The van der Waals surface area contributed by atoms with Crippen molar-refractivity contribution in [1.29, 1.82) is 0 Å². The molecule has 0 unspecified atom stereocenters. The van der Waals surface area contributed by atoms with Gasteiger partial charge in [0.2, 0.25) is 0 Å². The largest absolute Gasteiger partial charge is 0.416 e. The third-order valence-corrected chi connectivity index (χ3v) is 4.87. The van der Waals surface area contributed by atoms with Gasteiger partial charge in [0, 0.05) is 11.8 Å². The Hall–Kier alpha value is -1.17. The van der Waals surface area contributed by atoms with Gasteiger partial charge in [-0.3, -0.25) is 9.10 Å². The van der Waals surface area contributed by atoms with E-state index in [1.54, 1.807) is 12.3 Å². The van der Waals surface area contributed by atoms with Crippen molar-refractivity contribution in [3.05, 3.63) is 34.4 Å². The Bertz CT molecular complexity index is 566. The minimum Gasteiger partial charge on any atom is -0.278 e. The average Bonchev–Trinajstić information content (AvgIpc) is 2.62. The number of rotatable bonds is 2. The molecule has 1 aromatic rings. The molecule has 20 heavy (non-hydrogen) atoms. The van der Waals surface area contributed by atoms with Crippen molar-refractivity contribution in [2.45, 2.75) is 37.9 Å². The van der Waals surface area contributed by atoms with Gasteiger partial charge in [-0.15, -0.1) is 0 Å². The highest BCUT2D eigenvalue weighted by Gasteiger charge is 2.40. The van der Waals surface area contributed by atoms with Crippen LogP contribution >= 0.6 is 11.9 Å². The van der Waals surface area contributed by atoms with E-state index < -0.39 is 11.7 Å². The number of alkyl halides is 3. The number of carbonyl (C=O) groups excluding carboxylic acids is 1. The molecule has 1 amide bonds. The van der Waals surface area contributed by atoms with Crippen molar-refractivity contribution in [1.82, 2.24) is 4.31 Å². The van der Waals surface area contributed by atoms with Crippen LogP contribution in [0.5, 0.6) is 0 Å². The summed E-state index contributed by atoms with van der Waals surface area (Å²) in [6.45, 7) is 0.0368. The fourth-order valence-electron chi connectivity index (χ4n) is 2.78. The molecular formula is C14H14F3NOS. The standard InChI is InChI=1S/C14H14F3NOS/c1-20-18-7-11-10(13(18)19)5-9(8-3-2-4-8)6-12(11)14(15,16)17/h5-6,8H,2-4,7H2,1H3. The second kappa shape index (κ2) is 4.69. The number of benzene rings is 1. The molecule has 0 aromatic heterocycles. The second-order valence-electron chi connectivity index (χ2n) is 5.24. The maximum Gasteiger partial charge on any atom is 0.416 e. The van der Waals surface area contributed by atoms with Crippen LogP contribution in [0, 0.1) is 0 Å². The number of nitrogens with zero attached hydrogens (tertiary/aromatic N) is 1. The van der Waals surface area contributed by atoms with Gasteiger partial charge in [0.25, 0.3) is 5.91 Å². The van der Waals surface area contributed by atoms with E-state index in [1.165, 1.54) is 22.3 Å². The van der Waals surface area contributed by atoms with E-state index in [2.05, 4.69) is 0 Å². The minimum atomic E-state index is -4.40. The van der Waals surface area contributed by atoms with Gasteiger partial charge in [-0.1, -0.05) is 18.4 Å². The first kappa shape index (κ1) is 13.8. The lowest BCUT2D eigenvalue weighted by molar-refractivity contribution is -0.138. The van der Waals surface area contributed by atoms with E-state index in [0.717, 1.165) is 19.3 Å². The van der Waals surface area contributed by atoms with Crippen LogP contribution in [-0.4, -0.2) is 16.5 Å². The molecule has 6 heteroatoms. The molecule has 0 radical (unpaired) electrons. The van der Waals surface area contributed by atoms with Gasteiger partial charge in [-0.2, -0.15) is 13.2 Å². The topological polar surface area (TPSA) is 20.3 Å². The van der Waals surface area contributed by atoms with E-state index in [1.807, 2.05) is 0 Å².